The first kappa shape index (κ1) is 24.2. The number of halogens is 7. The third-order valence-corrected chi connectivity index (χ3v) is 5.23. The van der Waals surface area contributed by atoms with Gasteiger partial charge in [-0.25, -0.2) is 9.38 Å². The van der Waals surface area contributed by atoms with Gasteiger partial charge in [0, 0.05) is 4.90 Å². The molecule has 1 aromatic rings. The minimum Gasteiger partial charge on any atom is -0.281 e. The highest BCUT2D eigenvalue weighted by atomic mass is 32.2. The Morgan fingerprint density at radius 1 is 1.18 bits per heavy atom. The Labute approximate surface area is 164 Å². The Morgan fingerprint density at radius 2 is 1.79 bits per heavy atom. The summed E-state index contributed by atoms with van der Waals surface area (Å²) >= 11 is 1.12. The first-order valence-electron chi connectivity index (χ1n) is 7.27. The second-order valence-corrected chi connectivity index (χ2v) is 7.21. The van der Waals surface area contributed by atoms with Crippen LogP contribution in [0, 0.1) is 25.6 Å². The second kappa shape index (κ2) is 9.56. The van der Waals surface area contributed by atoms with Crippen LogP contribution in [0.1, 0.15) is 5.56 Å². The van der Waals surface area contributed by atoms with Crippen molar-refractivity contribution < 1.29 is 35.5 Å². The molecular weight excluding hydrogens is 433 g/mol. The Morgan fingerprint density at radius 3 is 2.32 bits per heavy atom. The predicted octanol–water partition coefficient (Wildman–Crippen LogP) is 5.16. The zero-order valence-corrected chi connectivity index (χ0v) is 15.8. The maximum Gasteiger partial charge on any atom is 0.406 e. The molecule has 2 rings (SSSR count). The third-order valence-electron chi connectivity index (χ3n) is 3.05. The number of benzene rings is 1. The van der Waals surface area contributed by atoms with E-state index in [0.717, 1.165) is 12.1 Å². The number of carbonyl (C=O) groups is 1. The van der Waals surface area contributed by atoms with Crippen molar-refractivity contribution in [3.05, 3.63) is 23.5 Å². The SMILES string of the molecule is C#C.Cc1cc(F)c(N=C2SCC(=O)N2CC(F)(F)F)cc1SCC(F)(F)F. The average molecular weight is 446 g/mol. The molecule has 12 heteroatoms. The van der Waals surface area contributed by atoms with Crippen molar-refractivity contribution in [1.82, 2.24) is 4.90 Å². The van der Waals surface area contributed by atoms with E-state index in [0.29, 0.717) is 28.4 Å². The van der Waals surface area contributed by atoms with Gasteiger partial charge in [0.05, 0.1) is 11.5 Å². The fraction of sp³-hybridized carbons (Fsp3) is 0.375. The highest BCUT2D eigenvalue weighted by Gasteiger charge is 2.39. The average Bonchev–Trinajstić information content (AvgIpc) is 2.89. The number of aliphatic imine (C=N–C) groups is 1. The van der Waals surface area contributed by atoms with Gasteiger partial charge in [-0.2, -0.15) is 26.3 Å². The van der Waals surface area contributed by atoms with E-state index in [4.69, 9.17) is 0 Å². The fourth-order valence-corrected chi connectivity index (χ4v) is 3.66. The monoisotopic (exact) mass is 446 g/mol. The van der Waals surface area contributed by atoms with Gasteiger partial charge in [-0.05, 0) is 24.6 Å². The summed E-state index contributed by atoms with van der Waals surface area (Å²) in [6.07, 6.45) is -1.10. The number of rotatable bonds is 4. The lowest BCUT2D eigenvalue weighted by molar-refractivity contribution is -0.150. The summed E-state index contributed by atoms with van der Waals surface area (Å²) in [5, 5.41) is -0.346. The van der Waals surface area contributed by atoms with Crippen LogP contribution in [0.25, 0.3) is 0 Å². The minimum atomic E-state index is -4.67. The van der Waals surface area contributed by atoms with Gasteiger partial charge in [-0.1, -0.05) is 11.8 Å². The lowest BCUT2D eigenvalue weighted by Crippen LogP contribution is -2.38. The zero-order chi connectivity index (χ0) is 21.7. The normalized spacial score (nSPS) is 16.3. The van der Waals surface area contributed by atoms with Gasteiger partial charge in [0.25, 0.3) is 0 Å². The molecule has 1 heterocycles. The maximum atomic E-state index is 14.0. The number of amides is 1. The molecular formula is C16H13F7N2OS2. The largest absolute Gasteiger partial charge is 0.406 e. The number of aryl methyl sites for hydroxylation is 1. The molecule has 0 N–H and O–H groups in total. The van der Waals surface area contributed by atoms with Crippen LogP contribution in [0.2, 0.25) is 0 Å². The first-order valence-corrected chi connectivity index (χ1v) is 9.24. The molecule has 1 aliphatic heterocycles. The fourth-order valence-electron chi connectivity index (χ4n) is 1.96. The van der Waals surface area contributed by atoms with Crippen LogP contribution >= 0.6 is 23.5 Å². The van der Waals surface area contributed by atoms with Gasteiger partial charge in [-0.3, -0.25) is 9.69 Å². The smallest absolute Gasteiger partial charge is 0.281 e. The van der Waals surface area contributed by atoms with Crippen LogP contribution in [0.15, 0.2) is 22.0 Å². The van der Waals surface area contributed by atoms with Crippen LogP contribution in [0.5, 0.6) is 0 Å². The molecule has 154 valence electrons. The van der Waals surface area contributed by atoms with E-state index in [1.54, 1.807) is 0 Å². The summed E-state index contributed by atoms with van der Waals surface area (Å²) in [6, 6.07) is 1.98. The van der Waals surface area contributed by atoms with Gasteiger partial charge >= 0.3 is 12.4 Å². The molecule has 0 radical (unpaired) electrons. The highest BCUT2D eigenvalue weighted by molar-refractivity contribution is 8.15. The standard InChI is InChI=1S/C14H11F7N2OS2.C2H2/c1-7-2-8(15)9(3-10(7)26-6-14(19,20)21)22-12-23(5-13(16,17)18)11(24)4-25-12;1-2/h2-3H,4-6H2,1H3;1-2H. The number of terminal acetylenes is 1. The van der Waals surface area contributed by atoms with Gasteiger partial charge < -0.3 is 0 Å². The zero-order valence-electron chi connectivity index (χ0n) is 14.2. The molecule has 0 spiro atoms. The molecule has 0 saturated carbocycles. The summed E-state index contributed by atoms with van der Waals surface area (Å²) < 4.78 is 88.8. The van der Waals surface area contributed by atoms with Crippen LogP contribution < -0.4 is 0 Å². The molecule has 28 heavy (non-hydrogen) atoms. The number of hydrogen-bond donors (Lipinski definition) is 0. The Kier molecular flexibility index (Phi) is 8.25. The Hall–Kier alpha value is -1.87. The van der Waals surface area contributed by atoms with E-state index in [2.05, 4.69) is 17.8 Å². The molecule has 0 atom stereocenters. The van der Waals surface area contributed by atoms with Crippen molar-refractivity contribution in [2.24, 2.45) is 4.99 Å². The molecule has 0 aromatic heterocycles. The quantitative estimate of drug-likeness (QED) is 0.364. The van der Waals surface area contributed by atoms with Crippen molar-refractivity contribution in [1.29, 1.82) is 0 Å². The third kappa shape index (κ3) is 7.27. The molecule has 0 unspecified atom stereocenters. The molecule has 1 fully saturated rings. The van der Waals surface area contributed by atoms with Crippen molar-refractivity contribution in [3.63, 3.8) is 0 Å². The number of nitrogens with zero attached hydrogens (tertiary/aromatic N) is 2. The van der Waals surface area contributed by atoms with Crippen LogP contribution in [0.4, 0.5) is 36.4 Å². The lowest BCUT2D eigenvalue weighted by Gasteiger charge is -2.18. The number of alkyl halides is 6. The number of carbonyl (C=O) groups excluding carboxylic acids is 1. The maximum absolute atomic E-state index is 14.0. The van der Waals surface area contributed by atoms with Crippen molar-refractivity contribution >= 4 is 40.3 Å². The van der Waals surface area contributed by atoms with Gasteiger partial charge in [-0.15, -0.1) is 24.6 Å². The van der Waals surface area contributed by atoms with Crippen molar-refractivity contribution in [2.45, 2.75) is 24.2 Å². The molecule has 0 aliphatic carbocycles. The topological polar surface area (TPSA) is 32.7 Å². The molecule has 3 nitrogen and oxygen atoms in total. The number of amidine groups is 1. The van der Waals surface area contributed by atoms with E-state index in [-0.39, 0.29) is 21.4 Å². The Balaban J connectivity index is 0.00000190. The van der Waals surface area contributed by atoms with E-state index in [9.17, 15) is 35.5 Å². The second-order valence-electron chi connectivity index (χ2n) is 5.25. The first-order chi connectivity index (χ1) is 12.9. The summed E-state index contributed by atoms with van der Waals surface area (Å²) in [5.74, 6) is -3.22. The van der Waals surface area contributed by atoms with E-state index in [1.165, 1.54) is 6.92 Å². The number of hydrogen-bond acceptors (Lipinski definition) is 4. The van der Waals surface area contributed by atoms with E-state index in [1.807, 2.05) is 0 Å². The van der Waals surface area contributed by atoms with Gasteiger partial charge in [0.2, 0.25) is 5.91 Å². The molecule has 1 saturated heterocycles. The van der Waals surface area contributed by atoms with Gasteiger partial charge in [0.1, 0.15) is 18.0 Å². The predicted molar refractivity (Wildman–Crippen MR) is 95.1 cm³/mol. The molecule has 1 aliphatic rings. The molecule has 1 aromatic carbocycles. The van der Waals surface area contributed by atoms with E-state index >= 15 is 0 Å². The summed E-state index contributed by atoms with van der Waals surface area (Å²) in [6.45, 7) is -0.163. The summed E-state index contributed by atoms with van der Waals surface area (Å²) in [4.78, 5) is 15.8. The van der Waals surface area contributed by atoms with Crippen molar-refractivity contribution in [3.8, 4) is 12.8 Å². The van der Waals surface area contributed by atoms with Crippen LogP contribution in [0.3, 0.4) is 0 Å². The summed E-state index contributed by atoms with van der Waals surface area (Å²) in [7, 11) is 0. The van der Waals surface area contributed by atoms with Crippen LogP contribution in [-0.4, -0.2) is 46.4 Å². The van der Waals surface area contributed by atoms with Crippen LogP contribution in [-0.2, 0) is 4.79 Å². The number of thioether (sulfide) groups is 2. The highest BCUT2D eigenvalue weighted by Crippen LogP contribution is 2.35. The Bertz CT molecular complexity index is 773. The summed E-state index contributed by atoms with van der Waals surface area (Å²) in [5.41, 5.74) is -0.187. The molecule has 1 amide bonds. The molecule has 0 bridgehead atoms. The van der Waals surface area contributed by atoms with Gasteiger partial charge in [0.15, 0.2) is 5.17 Å². The van der Waals surface area contributed by atoms with Crippen molar-refractivity contribution in [2.75, 3.05) is 18.1 Å². The van der Waals surface area contributed by atoms with E-state index < -0.39 is 42.1 Å². The lowest BCUT2D eigenvalue weighted by atomic mass is 10.2. The minimum absolute atomic E-state index is 0.0970.